The van der Waals surface area contributed by atoms with Crippen molar-refractivity contribution in [1.82, 2.24) is 4.90 Å². The minimum absolute atomic E-state index is 0.168. The van der Waals surface area contributed by atoms with E-state index in [1.54, 1.807) is 19.4 Å². The number of nitrogens with zero attached hydrogens (tertiary/aromatic N) is 1. The van der Waals surface area contributed by atoms with Crippen molar-refractivity contribution < 1.29 is 13.6 Å². The first-order chi connectivity index (χ1) is 8.58. The third-order valence-electron chi connectivity index (χ3n) is 2.59. The maximum absolute atomic E-state index is 13.1. The third kappa shape index (κ3) is 2.51. The molecule has 0 aliphatic rings. The maximum atomic E-state index is 13.1. The molecule has 5 heteroatoms. The van der Waals surface area contributed by atoms with Gasteiger partial charge in [-0.05, 0) is 24.3 Å². The number of carbonyl (C=O) groups excluding carboxylic acids is 1. The molecule has 0 aliphatic heterocycles. The van der Waals surface area contributed by atoms with Crippen molar-refractivity contribution in [2.45, 2.75) is 6.54 Å². The normalized spacial score (nSPS) is 10.3. The molecular formula is C13H13FN2O2. The predicted octanol–water partition coefficient (Wildman–Crippen LogP) is 2.27. The summed E-state index contributed by atoms with van der Waals surface area (Å²) in [5.74, 6) is -0.808. The van der Waals surface area contributed by atoms with E-state index < -0.39 is 5.82 Å². The first-order valence-corrected chi connectivity index (χ1v) is 5.39. The number of amides is 1. The zero-order valence-electron chi connectivity index (χ0n) is 9.89. The number of nitrogen functional groups attached to an aromatic ring is 1. The van der Waals surface area contributed by atoms with Gasteiger partial charge in [-0.15, -0.1) is 0 Å². The highest BCUT2D eigenvalue weighted by molar-refractivity contribution is 5.98. The Labute approximate surface area is 104 Å². The molecule has 1 aromatic carbocycles. The number of furan rings is 1. The van der Waals surface area contributed by atoms with Crippen LogP contribution in [0, 0.1) is 5.82 Å². The molecule has 94 valence electrons. The molecule has 4 nitrogen and oxygen atoms in total. The molecule has 0 spiro atoms. The van der Waals surface area contributed by atoms with E-state index in [1.807, 2.05) is 0 Å². The predicted molar refractivity (Wildman–Crippen MR) is 65.3 cm³/mol. The molecule has 1 aromatic heterocycles. The van der Waals surface area contributed by atoms with Crippen molar-refractivity contribution in [1.29, 1.82) is 0 Å². The van der Waals surface area contributed by atoms with Gasteiger partial charge >= 0.3 is 0 Å². The summed E-state index contributed by atoms with van der Waals surface area (Å²) in [5, 5.41) is 0. The molecule has 2 rings (SSSR count). The highest BCUT2D eigenvalue weighted by atomic mass is 19.1. The van der Waals surface area contributed by atoms with Gasteiger partial charge in [0, 0.05) is 24.8 Å². The number of hydrogen-bond donors (Lipinski definition) is 1. The van der Waals surface area contributed by atoms with Gasteiger partial charge in [0.05, 0.1) is 18.1 Å². The third-order valence-corrected chi connectivity index (χ3v) is 2.59. The Kier molecular flexibility index (Phi) is 3.32. The van der Waals surface area contributed by atoms with E-state index in [4.69, 9.17) is 10.2 Å². The minimum atomic E-state index is -0.482. The van der Waals surface area contributed by atoms with Gasteiger partial charge in [-0.3, -0.25) is 4.79 Å². The summed E-state index contributed by atoms with van der Waals surface area (Å²) < 4.78 is 18.0. The van der Waals surface area contributed by atoms with Crippen LogP contribution in [0.4, 0.5) is 10.1 Å². The number of hydrogen-bond acceptors (Lipinski definition) is 3. The first-order valence-electron chi connectivity index (χ1n) is 5.39. The van der Waals surface area contributed by atoms with E-state index in [9.17, 15) is 9.18 Å². The summed E-state index contributed by atoms with van der Waals surface area (Å²) in [6.07, 6.45) is 3.09. The van der Waals surface area contributed by atoms with E-state index in [0.29, 0.717) is 6.54 Å². The molecule has 0 unspecified atom stereocenters. The van der Waals surface area contributed by atoms with E-state index in [2.05, 4.69) is 0 Å². The van der Waals surface area contributed by atoms with Crippen molar-refractivity contribution in [3.63, 3.8) is 0 Å². The highest BCUT2D eigenvalue weighted by Gasteiger charge is 2.16. The van der Waals surface area contributed by atoms with Gasteiger partial charge in [0.25, 0.3) is 5.91 Å². The molecule has 1 amide bonds. The molecule has 0 saturated heterocycles. The molecule has 1 heterocycles. The average molecular weight is 248 g/mol. The first kappa shape index (κ1) is 12.2. The van der Waals surface area contributed by atoms with Crippen LogP contribution in [0.25, 0.3) is 0 Å². The topological polar surface area (TPSA) is 59.5 Å². The summed E-state index contributed by atoms with van der Waals surface area (Å²) in [5.41, 5.74) is 6.96. The summed E-state index contributed by atoms with van der Waals surface area (Å²) in [4.78, 5) is 13.5. The Hall–Kier alpha value is -2.30. The summed E-state index contributed by atoms with van der Waals surface area (Å²) in [7, 11) is 1.62. The van der Waals surface area contributed by atoms with Crippen LogP contribution in [0.3, 0.4) is 0 Å². The second-order valence-electron chi connectivity index (χ2n) is 4.02. The summed E-state index contributed by atoms with van der Waals surface area (Å²) in [6.45, 7) is 0.380. The van der Waals surface area contributed by atoms with E-state index in [1.165, 1.54) is 23.3 Å². The van der Waals surface area contributed by atoms with Crippen LogP contribution in [-0.4, -0.2) is 17.9 Å². The van der Waals surface area contributed by atoms with Crippen molar-refractivity contribution in [3.05, 3.63) is 53.7 Å². The Morgan fingerprint density at radius 3 is 2.89 bits per heavy atom. The Bertz CT molecular complexity index is 552. The lowest BCUT2D eigenvalue weighted by atomic mass is 10.1. The van der Waals surface area contributed by atoms with E-state index in [0.717, 1.165) is 11.6 Å². The molecule has 0 saturated carbocycles. The second kappa shape index (κ2) is 4.91. The molecule has 2 N–H and O–H groups in total. The molecule has 0 fully saturated rings. The van der Waals surface area contributed by atoms with Gasteiger partial charge < -0.3 is 15.1 Å². The van der Waals surface area contributed by atoms with Crippen LogP contribution >= 0.6 is 0 Å². The zero-order chi connectivity index (χ0) is 13.1. The zero-order valence-corrected chi connectivity index (χ0v) is 9.89. The van der Waals surface area contributed by atoms with E-state index in [-0.39, 0.29) is 17.2 Å². The van der Waals surface area contributed by atoms with Gasteiger partial charge in [-0.1, -0.05) is 0 Å². The molecule has 0 aliphatic carbocycles. The molecular weight excluding hydrogens is 235 g/mol. The fourth-order valence-electron chi connectivity index (χ4n) is 1.65. The van der Waals surface area contributed by atoms with Crippen LogP contribution < -0.4 is 5.73 Å². The van der Waals surface area contributed by atoms with Crippen LogP contribution in [0.1, 0.15) is 15.9 Å². The standard InChI is InChI=1S/C13H13FN2O2/c1-16(7-9-4-5-18-8-9)13(17)11-6-10(14)2-3-12(11)15/h2-6,8H,7,15H2,1H3. The lowest BCUT2D eigenvalue weighted by Crippen LogP contribution is -2.26. The largest absolute Gasteiger partial charge is 0.472 e. The van der Waals surface area contributed by atoms with Crippen molar-refractivity contribution >= 4 is 11.6 Å². The van der Waals surface area contributed by atoms with Crippen molar-refractivity contribution in [3.8, 4) is 0 Å². The molecule has 18 heavy (non-hydrogen) atoms. The Balaban J connectivity index is 2.17. The Morgan fingerprint density at radius 1 is 1.44 bits per heavy atom. The maximum Gasteiger partial charge on any atom is 0.256 e. The highest BCUT2D eigenvalue weighted by Crippen LogP contribution is 2.16. The average Bonchev–Trinajstić information content (AvgIpc) is 2.84. The van der Waals surface area contributed by atoms with Crippen LogP contribution in [-0.2, 0) is 6.54 Å². The van der Waals surface area contributed by atoms with Crippen LogP contribution in [0.5, 0.6) is 0 Å². The molecule has 0 atom stereocenters. The quantitative estimate of drug-likeness (QED) is 0.848. The summed E-state index contributed by atoms with van der Waals surface area (Å²) in [6, 6.07) is 5.51. The number of halogens is 1. The van der Waals surface area contributed by atoms with Crippen molar-refractivity contribution in [2.24, 2.45) is 0 Å². The van der Waals surface area contributed by atoms with Crippen molar-refractivity contribution in [2.75, 3.05) is 12.8 Å². The number of benzene rings is 1. The SMILES string of the molecule is CN(Cc1ccoc1)C(=O)c1cc(F)ccc1N. The molecule has 2 aromatic rings. The fraction of sp³-hybridized carbons (Fsp3) is 0.154. The lowest BCUT2D eigenvalue weighted by Gasteiger charge is -2.17. The van der Waals surface area contributed by atoms with Crippen LogP contribution in [0.2, 0.25) is 0 Å². The van der Waals surface area contributed by atoms with Crippen LogP contribution in [0.15, 0.2) is 41.2 Å². The summed E-state index contributed by atoms with van der Waals surface area (Å²) >= 11 is 0. The van der Waals surface area contributed by atoms with Gasteiger partial charge in [-0.25, -0.2) is 4.39 Å². The Morgan fingerprint density at radius 2 is 2.22 bits per heavy atom. The smallest absolute Gasteiger partial charge is 0.256 e. The minimum Gasteiger partial charge on any atom is -0.472 e. The fourth-order valence-corrected chi connectivity index (χ4v) is 1.65. The molecule has 0 radical (unpaired) electrons. The number of nitrogens with two attached hydrogens (primary N) is 1. The van der Waals surface area contributed by atoms with E-state index >= 15 is 0 Å². The number of anilines is 1. The van der Waals surface area contributed by atoms with Gasteiger partial charge in [-0.2, -0.15) is 0 Å². The number of rotatable bonds is 3. The molecule has 0 bridgehead atoms. The lowest BCUT2D eigenvalue weighted by molar-refractivity contribution is 0.0785. The van der Waals surface area contributed by atoms with Gasteiger partial charge in [0.1, 0.15) is 5.82 Å². The second-order valence-corrected chi connectivity index (χ2v) is 4.02. The van der Waals surface area contributed by atoms with Gasteiger partial charge in [0.15, 0.2) is 0 Å². The monoisotopic (exact) mass is 248 g/mol. The van der Waals surface area contributed by atoms with Gasteiger partial charge in [0.2, 0.25) is 0 Å². The number of carbonyl (C=O) groups is 1.